The van der Waals surface area contributed by atoms with Crippen LogP contribution >= 0.6 is 11.6 Å². The topological polar surface area (TPSA) is 125 Å². The van der Waals surface area contributed by atoms with E-state index in [1.54, 1.807) is 36.4 Å². The Morgan fingerprint density at radius 3 is 2.56 bits per heavy atom. The molecule has 3 aliphatic rings. The first-order valence-electron chi connectivity index (χ1n) is 15.1. The molecule has 3 fully saturated rings. The van der Waals surface area contributed by atoms with Gasteiger partial charge in [-0.1, -0.05) is 54.1 Å². The molecular formula is C34H38ClN3O7. The first kappa shape index (κ1) is 32.4. The average Bonchev–Trinajstić information content (AvgIpc) is 3.69. The molecule has 0 aliphatic carbocycles. The van der Waals surface area contributed by atoms with Gasteiger partial charge in [0.15, 0.2) is 0 Å². The van der Waals surface area contributed by atoms with Crippen LogP contribution in [-0.4, -0.2) is 77.7 Å². The van der Waals surface area contributed by atoms with Crippen LogP contribution in [0.3, 0.4) is 0 Å². The number of likely N-dealkylation sites (tertiary alicyclic amines) is 1. The zero-order valence-electron chi connectivity index (χ0n) is 25.0. The number of amides is 3. The Morgan fingerprint density at radius 2 is 1.89 bits per heavy atom. The van der Waals surface area contributed by atoms with Gasteiger partial charge in [0.25, 0.3) is 5.91 Å². The van der Waals surface area contributed by atoms with Crippen LogP contribution in [0.5, 0.6) is 0 Å². The lowest BCUT2D eigenvalue weighted by Crippen LogP contribution is -2.57. The van der Waals surface area contributed by atoms with Crippen LogP contribution in [-0.2, 0) is 28.7 Å². The molecule has 3 heterocycles. The first-order valence-corrected chi connectivity index (χ1v) is 15.5. The van der Waals surface area contributed by atoms with Crippen LogP contribution in [0.4, 0.5) is 5.69 Å². The lowest BCUT2D eigenvalue weighted by molar-refractivity contribution is -0.146. The Bertz CT molecular complexity index is 1440. The van der Waals surface area contributed by atoms with Gasteiger partial charge in [-0.2, -0.15) is 0 Å². The average molecular weight is 636 g/mol. The van der Waals surface area contributed by atoms with Gasteiger partial charge in [0, 0.05) is 30.2 Å². The number of rotatable bonds is 14. The van der Waals surface area contributed by atoms with Gasteiger partial charge in [-0.05, 0) is 49.1 Å². The maximum absolute atomic E-state index is 14.4. The van der Waals surface area contributed by atoms with Gasteiger partial charge in [0.1, 0.15) is 18.2 Å². The van der Waals surface area contributed by atoms with Gasteiger partial charge in [-0.3, -0.25) is 19.2 Å². The van der Waals surface area contributed by atoms with Crippen LogP contribution < -0.4 is 10.2 Å². The zero-order chi connectivity index (χ0) is 32.1. The van der Waals surface area contributed by atoms with Crippen molar-refractivity contribution >= 4 is 41.0 Å². The molecule has 3 aliphatic heterocycles. The molecule has 0 unspecified atom stereocenters. The van der Waals surface area contributed by atoms with Crippen molar-refractivity contribution in [1.82, 2.24) is 10.2 Å². The van der Waals surface area contributed by atoms with E-state index in [1.807, 2.05) is 30.3 Å². The number of carbonyl (C=O) groups is 4. The Balaban J connectivity index is 1.43. The minimum Gasteiger partial charge on any atom is -0.463 e. The SMILES string of the molecule is C=CCCC(=O)OC[C@@H](NC(=O)[C@@H]1[C@@H]2CC[C@]3(O2)[C@H](C(=O)N(CC=C)c2ccc(Cl)cc2)N(CCO)C(=O)[C@@H]13)c1ccccc1. The third-order valence-electron chi connectivity index (χ3n) is 8.88. The molecule has 0 aromatic heterocycles. The molecular weight excluding hydrogens is 598 g/mol. The smallest absolute Gasteiger partial charge is 0.306 e. The number of benzene rings is 2. The highest BCUT2D eigenvalue weighted by atomic mass is 35.5. The Hall–Kier alpha value is -3.99. The van der Waals surface area contributed by atoms with Gasteiger partial charge in [0.2, 0.25) is 11.8 Å². The summed E-state index contributed by atoms with van der Waals surface area (Å²) in [4.78, 5) is 57.7. The third kappa shape index (κ3) is 6.27. The zero-order valence-corrected chi connectivity index (χ0v) is 25.7. The first-order chi connectivity index (χ1) is 21.7. The van der Waals surface area contributed by atoms with Crippen LogP contribution in [0.2, 0.25) is 5.02 Å². The molecule has 2 bridgehead atoms. The van der Waals surface area contributed by atoms with Crippen molar-refractivity contribution in [2.45, 2.75) is 49.5 Å². The van der Waals surface area contributed by atoms with E-state index in [0.29, 0.717) is 30.0 Å². The molecule has 2 aromatic rings. The molecule has 3 amide bonds. The van der Waals surface area contributed by atoms with Crippen LogP contribution in [0, 0.1) is 11.8 Å². The maximum atomic E-state index is 14.4. The summed E-state index contributed by atoms with van der Waals surface area (Å²) in [5.74, 6) is -3.45. The summed E-state index contributed by atoms with van der Waals surface area (Å²) >= 11 is 6.09. The molecule has 1 spiro atoms. The number of esters is 1. The molecule has 0 radical (unpaired) electrons. The van der Waals surface area contributed by atoms with Crippen molar-refractivity contribution < 1.29 is 33.8 Å². The number of anilines is 1. The second-order valence-corrected chi connectivity index (χ2v) is 11.9. The van der Waals surface area contributed by atoms with E-state index < -0.39 is 59.3 Å². The van der Waals surface area contributed by atoms with E-state index in [2.05, 4.69) is 18.5 Å². The minimum atomic E-state index is -1.25. The largest absolute Gasteiger partial charge is 0.463 e. The van der Waals surface area contributed by atoms with Crippen molar-refractivity contribution in [3.8, 4) is 0 Å². The summed E-state index contributed by atoms with van der Waals surface area (Å²) in [6, 6.07) is 14.2. The lowest BCUT2D eigenvalue weighted by atomic mass is 9.70. The number of nitrogens with one attached hydrogen (secondary N) is 1. The molecule has 11 heteroatoms. The number of aliphatic hydroxyl groups is 1. The number of allylic oxidation sites excluding steroid dienone is 1. The van der Waals surface area contributed by atoms with Crippen LogP contribution in [0.15, 0.2) is 79.9 Å². The lowest BCUT2D eigenvalue weighted by Gasteiger charge is -2.36. The molecule has 2 N–H and O–H groups in total. The number of fused-ring (bicyclic) bond motifs is 1. The fourth-order valence-electron chi connectivity index (χ4n) is 6.94. The van der Waals surface area contributed by atoms with Gasteiger partial charge in [-0.25, -0.2) is 0 Å². The number of halogens is 1. The molecule has 45 heavy (non-hydrogen) atoms. The van der Waals surface area contributed by atoms with Gasteiger partial charge in [0.05, 0.1) is 30.6 Å². The Kier molecular flexibility index (Phi) is 10.1. The summed E-state index contributed by atoms with van der Waals surface area (Å²) in [6.45, 7) is 7.04. The fourth-order valence-corrected chi connectivity index (χ4v) is 7.07. The van der Waals surface area contributed by atoms with Gasteiger partial charge < -0.3 is 29.7 Å². The molecule has 6 atom stereocenters. The highest BCUT2D eigenvalue weighted by molar-refractivity contribution is 6.30. The van der Waals surface area contributed by atoms with Crippen molar-refractivity contribution in [3.05, 3.63) is 90.5 Å². The number of carbonyl (C=O) groups excluding carboxylic acids is 4. The van der Waals surface area contributed by atoms with E-state index in [0.717, 1.165) is 5.56 Å². The van der Waals surface area contributed by atoms with Crippen molar-refractivity contribution in [2.75, 3.05) is 31.2 Å². The molecule has 0 saturated carbocycles. The van der Waals surface area contributed by atoms with E-state index in [-0.39, 0.29) is 32.7 Å². The Morgan fingerprint density at radius 1 is 1.16 bits per heavy atom. The monoisotopic (exact) mass is 635 g/mol. The Labute approximate surface area is 267 Å². The molecule has 2 aromatic carbocycles. The van der Waals surface area contributed by atoms with Crippen LogP contribution in [0.1, 0.15) is 37.3 Å². The number of aliphatic hydroxyl groups excluding tert-OH is 1. The van der Waals surface area contributed by atoms with Crippen molar-refractivity contribution in [3.63, 3.8) is 0 Å². The summed E-state index contributed by atoms with van der Waals surface area (Å²) in [7, 11) is 0. The number of β-amino-alcohol motifs (C(OH)–C–C–N with tert-alkyl or cyclic N) is 1. The van der Waals surface area contributed by atoms with Crippen molar-refractivity contribution in [1.29, 1.82) is 0 Å². The number of hydrogen-bond donors (Lipinski definition) is 2. The highest BCUT2D eigenvalue weighted by Crippen LogP contribution is 2.58. The van der Waals surface area contributed by atoms with Crippen molar-refractivity contribution in [2.24, 2.45) is 11.8 Å². The number of nitrogens with zero attached hydrogens (tertiary/aromatic N) is 2. The molecule has 5 rings (SSSR count). The van der Waals surface area contributed by atoms with E-state index in [4.69, 9.17) is 21.1 Å². The fraction of sp³-hybridized carbons (Fsp3) is 0.412. The molecule has 10 nitrogen and oxygen atoms in total. The summed E-state index contributed by atoms with van der Waals surface area (Å²) in [5.41, 5.74) is 0.0500. The predicted octanol–water partition coefficient (Wildman–Crippen LogP) is 3.59. The predicted molar refractivity (Wildman–Crippen MR) is 168 cm³/mol. The van der Waals surface area contributed by atoms with Gasteiger partial charge >= 0.3 is 5.97 Å². The summed E-state index contributed by atoms with van der Waals surface area (Å²) in [5, 5.41) is 13.4. The normalized spacial score (nSPS) is 25.4. The van der Waals surface area contributed by atoms with Crippen LogP contribution in [0.25, 0.3) is 0 Å². The second kappa shape index (κ2) is 14.0. The van der Waals surface area contributed by atoms with Gasteiger partial charge in [-0.15, -0.1) is 13.2 Å². The third-order valence-corrected chi connectivity index (χ3v) is 9.13. The maximum Gasteiger partial charge on any atom is 0.306 e. The summed E-state index contributed by atoms with van der Waals surface area (Å²) < 4.78 is 12.0. The standard InChI is InChI=1S/C34H38ClN3O7/c1-3-5-11-27(40)44-21-25(22-9-7-6-8-10-22)36-31(41)28-26-16-17-34(45-26)29(28)32(42)38(19-20-39)30(34)33(43)37(18-4-2)24-14-12-23(35)13-15-24/h3-4,6-10,12-15,25-26,28-30,39H,1-2,5,11,16-21H2,(H,36,41)/t25-,26+,28-,29-,30+,34-/m1/s1. The number of hydrogen-bond acceptors (Lipinski definition) is 7. The van der Waals surface area contributed by atoms with E-state index in [9.17, 15) is 24.3 Å². The second-order valence-electron chi connectivity index (χ2n) is 11.5. The summed E-state index contributed by atoms with van der Waals surface area (Å²) in [6.07, 6.45) is 4.17. The highest BCUT2D eigenvalue weighted by Gasteiger charge is 2.74. The molecule has 238 valence electrons. The minimum absolute atomic E-state index is 0.0916. The number of ether oxygens (including phenoxy) is 2. The van der Waals surface area contributed by atoms with E-state index >= 15 is 0 Å². The molecule has 3 saturated heterocycles. The van der Waals surface area contributed by atoms with E-state index in [1.165, 1.54) is 9.80 Å². The quantitative estimate of drug-likeness (QED) is 0.240.